The summed E-state index contributed by atoms with van der Waals surface area (Å²) in [5.74, 6) is -0.278. The monoisotopic (exact) mass is 400 g/mol. The molecule has 10 nitrogen and oxygen atoms in total. The molecule has 0 saturated carbocycles. The smallest absolute Gasteiger partial charge is 0.293 e. The van der Waals surface area contributed by atoms with Crippen LogP contribution in [0.25, 0.3) is 0 Å². The zero-order chi connectivity index (χ0) is 20.0. The van der Waals surface area contributed by atoms with Gasteiger partial charge in [-0.3, -0.25) is 14.9 Å². The van der Waals surface area contributed by atoms with Crippen LogP contribution < -0.4 is 15.2 Å². The highest BCUT2D eigenvalue weighted by Gasteiger charge is 2.27. The fourth-order valence-corrected chi connectivity index (χ4v) is 4.30. The number of piperidine rings is 1. The number of amides is 1. The Labute approximate surface area is 157 Å². The number of nitro groups is 1. The van der Waals surface area contributed by atoms with Crippen LogP contribution in [0.5, 0.6) is 5.75 Å². The lowest BCUT2D eigenvalue weighted by atomic mass is 9.97. The van der Waals surface area contributed by atoms with Gasteiger partial charge in [-0.15, -0.1) is 0 Å². The van der Waals surface area contributed by atoms with E-state index in [0.717, 1.165) is 31.5 Å². The first kappa shape index (κ1) is 21.1. The largest absolute Gasteiger partial charge is 0.497 e. The van der Waals surface area contributed by atoms with Crippen molar-refractivity contribution in [2.24, 2.45) is 11.7 Å². The number of benzene rings is 1. The Kier molecular flexibility index (Phi) is 7.11. The Hall–Kier alpha value is -2.24. The number of nitrogens with one attached hydrogen (secondary N) is 1. The zero-order valence-corrected chi connectivity index (χ0v) is 15.9. The summed E-state index contributed by atoms with van der Waals surface area (Å²) in [6.45, 7) is 2.15. The second-order valence-corrected chi connectivity index (χ2v) is 8.12. The van der Waals surface area contributed by atoms with Crippen molar-refractivity contribution in [1.29, 1.82) is 0 Å². The standard InChI is InChI=1S/C16H24N4O6S/c1-26-13-5-6-15(14(10-13)20(22)23)27(24,25)18-7-3-9-19-8-2-4-12(11-19)16(17)21/h5-6,10,12,18H,2-4,7-9,11H2,1H3,(H2,17,21). The van der Waals surface area contributed by atoms with Crippen molar-refractivity contribution in [3.05, 3.63) is 28.3 Å². The molecule has 3 N–H and O–H groups in total. The minimum absolute atomic E-state index is 0.128. The zero-order valence-electron chi connectivity index (χ0n) is 15.1. The Morgan fingerprint density at radius 1 is 1.48 bits per heavy atom. The quantitative estimate of drug-likeness (QED) is 0.348. The normalized spacial score (nSPS) is 18.2. The molecule has 1 saturated heterocycles. The molecule has 27 heavy (non-hydrogen) atoms. The van der Waals surface area contributed by atoms with Crippen LogP contribution in [0.15, 0.2) is 23.1 Å². The predicted octanol–water partition coefficient (Wildman–Crippen LogP) is 0.469. The number of carbonyl (C=O) groups is 1. The lowest BCUT2D eigenvalue weighted by Crippen LogP contribution is -2.42. The van der Waals surface area contributed by atoms with E-state index in [1.165, 1.54) is 13.2 Å². The highest BCUT2D eigenvalue weighted by molar-refractivity contribution is 7.89. The van der Waals surface area contributed by atoms with E-state index >= 15 is 0 Å². The van der Waals surface area contributed by atoms with Crippen molar-refractivity contribution in [2.75, 3.05) is 33.3 Å². The van der Waals surface area contributed by atoms with Gasteiger partial charge in [-0.25, -0.2) is 13.1 Å². The van der Waals surface area contributed by atoms with Gasteiger partial charge in [-0.1, -0.05) is 0 Å². The number of nitro benzene ring substituents is 1. The van der Waals surface area contributed by atoms with E-state index in [4.69, 9.17) is 10.5 Å². The molecule has 1 unspecified atom stereocenters. The van der Waals surface area contributed by atoms with Crippen LogP contribution in [0.4, 0.5) is 5.69 Å². The second-order valence-electron chi connectivity index (χ2n) is 6.38. The van der Waals surface area contributed by atoms with Crippen LogP contribution in [-0.4, -0.2) is 57.4 Å². The number of nitrogens with zero attached hydrogens (tertiary/aromatic N) is 2. The molecule has 1 aliphatic rings. The van der Waals surface area contributed by atoms with Gasteiger partial charge in [0.25, 0.3) is 5.69 Å². The van der Waals surface area contributed by atoms with Crippen LogP contribution in [0.3, 0.4) is 0 Å². The van der Waals surface area contributed by atoms with Crippen molar-refractivity contribution in [1.82, 2.24) is 9.62 Å². The van der Waals surface area contributed by atoms with Gasteiger partial charge in [0.2, 0.25) is 15.9 Å². The Morgan fingerprint density at radius 3 is 2.85 bits per heavy atom. The Bertz CT molecular complexity index is 798. The lowest BCUT2D eigenvalue weighted by Gasteiger charge is -2.31. The number of primary amides is 1. The summed E-state index contributed by atoms with van der Waals surface area (Å²) in [5.41, 5.74) is 4.80. The van der Waals surface area contributed by atoms with Crippen molar-refractivity contribution < 1.29 is 22.9 Å². The number of hydrogen-bond donors (Lipinski definition) is 2. The molecule has 1 aromatic rings. The summed E-state index contributed by atoms with van der Waals surface area (Å²) >= 11 is 0. The first-order valence-corrected chi connectivity index (χ1v) is 10.1. The van der Waals surface area contributed by atoms with E-state index in [0.29, 0.717) is 19.5 Å². The van der Waals surface area contributed by atoms with E-state index in [2.05, 4.69) is 9.62 Å². The van der Waals surface area contributed by atoms with Crippen molar-refractivity contribution in [2.45, 2.75) is 24.2 Å². The first-order chi connectivity index (χ1) is 12.7. The van der Waals surface area contributed by atoms with E-state index in [1.807, 2.05) is 0 Å². The van der Waals surface area contributed by atoms with Crippen molar-refractivity contribution in [3.63, 3.8) is 0 Å². The summed E-state index contributed by atoms with van der Waals surface area (Å²) in [6.07, 6.45) is 2.16. The summed E-state index contributed by atoms with van der Waals surface area (Å²) in [6, 6.07) is 3.59. The molecule has 11 heteroatoms. The molecule has 0 aliphatic carbocycles. The molecule has 1 heterocycles. The molecule has 1 aliphatic heterocycles. The maximum absolute atomic E-state index is 12.4. The summed E-state index contributed by atoms with van der Waals surface area (Å²) in [5, 5.41) is 11.2. The van der Waals surface area contributed by atoms with Crippen LogP contribution >= 0.6 is 0 Å². The number of likely N-dealkylation sites (tertiary alicyclic amines) is 1. The number of rotatable bonds is 9. The highest BCUT2D eigenvalue weighted by atomic mass is 32.2. The molecule has 0 radical (unpaired) electrons. The Morgan fingerprint density at radius 2 is 2.22 bits per heavy atom. The molecule has 0 bridgehead atoms. The number of carbonyl (C=O) groups excluding carboxylic acids is 1. The van der Waals surface area contributed by atoms with Gasteiger partial charge in [0.05, 0.1) is 24.0 Å². The van der Waals surface area contributed by atoms with Crippen LogP contribution in [0.1, 0.15) is 19.3 Å². The number of nitrogens with two attached hydrogens (primary N) is 1. The number of ether oxygens (including phenoxy) is 1. The number of hydrogen-bond acceptors (Lipinski definition) is 7. The third-order valence-corrected chi connectivity index (χ3v) is 6.01. The molecule has 1 atom stereocenters. The van der Waals surface area contributed by atoms with Crippen LogP contribution in [0.2, 0.25) is 0 Å². The minimum Gasteiger partial charge on any atom is -0.497 e. The predicted molar refractivity (Wildman–Crippen MR) is 97.8 cm³/mol. The molecule has 2 rings (SSSR count). The molecular formula is C16H24N4O6S. The molecule has 1 aromatic carbocycles. The van der Waals surface area contributed by atoms with Gasteiger partial charge in [-0.05, 0) is 44.5 Å². The number of methoxy groups -OCH3 is 1. The maximum Gasteiger partial charge on any atom is 0.293 e. The fourth-order valence-electron chi connectivity index (χ4n) is 3.07. The fraction of sp³-hybridized carbons (Fsp3) is 0.562. The highest BCUT2D eigenvalue weighted by Crippen LogP contribution is 2.28. The van der Waals surface area contributed by atoms with E-state index < -0.39 is 25.5 Å². The van der Waals surface area contributed by atoms with Gasteiger partial charge in [0.15, 0.2) is 4.90 Å². The summed E-state index contributed by atoms with van der Waals surface area (Å²) in [4.78, 5) is 23.4. The van der Waals surface area contributed by atoms with Gasteiger partial charge in [0, 0.05) is 13.1 Å². The minimum atomic E-state index is -4.03. The molecule has 0 aromatic heterocycles. The van der Waals surface area contributed by atoms with Gasteiger partial charge in [-0.2, -0.15) is 0 Å². The van der Waals surface area contributed by atoms with Crippen molar-refractivity contribution in [3.8, 4) is 5.75 Å². The topological polar surface area (TPSA) is 145 Å². The Balaban J connectivity index is 1.94. The van der Waals surface area contributed by atoms with E-state index in [-0.39, 0.29) is 24.1 Å². The van der Waals surface area contributed by atoms with Crippen LogP contribution in [-0.2, 0) is 14.8 Å². The molecular weight excluding hydrogens is 376 g/mol. The first-order valence-electron chi connectivity index (χ1n) is 8.58. The maximum atomic E-state index is 12.4. The second kappa shape index (κ2) is 9.11. The average Bonchev–Trinajstić information content (AvgIpc) is 2.64. The van der Waals surface area contributed by atoms with Gasteiger partial charge < -0.3 is 15.4 Å². The third-order valence-electron chi connectivity index (χ3n) is 4.50. The summed E-state index contributed by atoms with van der Waals surface area (Å²) < 4.78 is 32.1. The lowest BCUT2D eigenvalue weighted by molar-refractivity contribution is -0.387. The SMILES string of the molecule is COc1ccc(S(=O)(=O)NCCCN2CCCC(C(N)=O)C2)c([N+](=O)[O-])c1. The number of sulfonamides is 1. The molecule has 1 amide bonds. The molecule has 0 spiro atoms. The average molecular weight is 400 g/mol. The molecule has 1 fully saturated rings. The van der Waals surface area contributed by atoms with Gasteiger partial charge in [0.1, 0.15) is 5.75 Å². The molecule has 150 valence electrons. The third kappa shape index (κ3) is 5.62. The summed E-state index contributed by atoms with van der Waals surface area (Å²) in [7, 11) is -2.69. The van der Waals surface area contributed by atoms with Crippen LogP contribution in [0, 0.1) is 16.0 Å². The van der Waals surface area contributed by atoms with E-state index in [1.54, 1.807) is 0 Å². The van der Waals surface area contributed by atoms with E-state index in [9.17, 15) is 23.3 Å². The van der Waals surface area contributed by atoms with Crippen molar-refractivity contribution >= 4 is 21.6 Å². The van der Waals surface area contributed by atoms with Gasteiger partial charge >= 0.3 is 0 Å².